The van der Waals surface area contributed by atoms with Crippen molar-refractivity contribution >= 4 is 0 Å². The number of aryl methyl sites for hydroxylation is 2. The van der Waals surface area contributed by atoms with E-state index >= 15 is 0 Å². The molecule has 0 atom stereocenters. The van der Waals surface area contributed by atoms with Crippen LogP contribution >= 0.6 is 0 Å². The van der Waals surface area contributed by atoms with Crippen LogP contribution in [0.4, 0.5) is 0 Å². The van der Waals surface area contributed by atoms with Crippen LogP contribution in [0.1, 0.15) is 29.4 Å². The summed E-state index contributed by atoms with van der Waals surface area (Å²) in [6.45, 7) is 8.46. The van der Waals surface area contributed by atoms with Crippen LogP contribution in [0.3, 0.4) is 0 Å². The Bertz CT molecular complexity index is 567. The predicted molar refractivity (Wildman–Crippen MR) is 81.9 cm³/mol. The van der Waals surface area contributed by atoms with E-state index in [1.54, 1.807) is 0 Å². The summed E-state index contributed by atoms with van der Waals surface area (Å²) < 4.78 is 6.00. The monoisotopic (exact) mass is 270 g/mol. The van der Waals surface area contributed by atoms with Crippen molar-refractivity contribution in [2.75, 3.05) is 6.54 Å². The van der Waals surface area contributed by atoms with E-state index in [1.807, 2.05) is 25.1 Å². The molecule has 0 saturated heterocycles. The third-order valence-electron chi connectivity index (χ3n) is 3.17. The molecular weight excluding hydrogens is 248 g/mol. The van der Waals surface area contributed by atoms with Crippen molar-refractivity contribution in [2.24, 2.45) is 0 Å². The number of pyridine rings is 1. The van der Waals surface area contributed by atoms with Gasteiger partial charge in [0.25, 0.3) is 0 Å². The Kier molecular flexibility index (Phi) is 5.13. The van der Waals surface area contributed by atoms with Gasteiger partial charge >= 0.3 is 0 Å². The average molecular weight is 270 g/mol. The van der Waals surface area contributed by atoms with Crippen LogP contribution in [-0.4, -0.2) is 11.5 Å². The summed E-state index contributed by atoms with van der Waals surface area (Å²) in [6.07, 6.45) is 0. The third-order valence-corrected chi connectivity index (χ3v) is 3.17. The normalized spacial score (nSPS) is 10.6. The molecule has 0 fully saturated rings. The second-order valence-corrected chi connectivity index (χ2v) is 4.90. The van der Waals surface area contributed by atoms with Gasteiger partial charge in [0.15, 0.2) is 0 Å². The highest BCUT2D eigenvalue weighted by Gasteiger charge is 2.07. The van der Waals surface area contributed by atoms with Gasteiger partial charge in [-0.2, -0.15) is 0 Å². The zero-order valence-corrected chi connectivity index (χ0v) is 12.4. The molecule has 0 aliphatic heterocycles. The van der Waals surface area contributed by atoms with Crippen molar-refractivity contribution in [1.82, 2.24) is 10.3 Å². The molecule has 0 aliphatic rings. The lowest BCUT2D eigenvalue weighted by Gasteiger charge is -2.14. The Hall–Kier alpha value is -1.87. The van der Waals surface area contributed by atoms with Gasteiger partial charge in [0, 0.05) is 17.8 Å². The molecule has 3 nitrogen and oxygen atoms in total. The van der Waals surface area contributed by atoms with E-state index in [-0.39, 0.29) is 0 Å². The lowest BCUT2D eigenvalue weighted by Crippen LogP contribution is -2.13. The first kappa shape index (κ1) is 14.5. The zero-order chi connectivity index (χ0) is 14.4. The minimum Gasteiger partial charge on any atom is -0.487 e. The molecule has 20 heavy (non-hydrogen) atoms. The number of hydrogen-bond acceptors (Lipinski definition) is 3. The van der Waals surface area contributed by atoms with Crippen LogP contribution in [0.25, 0.3) is 0 Å². The van der Waals surface area contributed by atoms with Gasteiger partial charge in [0.2, 0.25) is 0 Å². The molecule has 0 saturated carbocycles. The third kappa shape index (κ3) is 3.81. The number of nitrogens with one attached hydrogen (secondary N) is 1. The highest BCUT2D eigenvalue weighted by Crippen LogP contribution is 2.24. The topological polar surface area (TPSA) is 34.1 Å². The van der Waals surface area contributed by atoms with E-state index in [0.717, 1.165) is 35.8 Å². The maximum atomic E-state index is 6.00. The molecule has 0 radical (unpaired) electrons. The molecule has 0 aliphatic carbocycles. The first-order chi connectivity index (χ1) is 9.70. The number of hydrogen-bond donors (Lipinski definition) is 1. The molecule has 0 amide bonds. The molecule has 1 heterocycles. The number of benzene rings is 1. The van der Waals surface area contributed by atoms with Gasteiger partial charge in [-0.3, -0.25) is 4.98 Å². The maximum Gasteiger partial charge on any atom is 0.130 e. The van der Waals surface area contributed by atoms with Crippen LogP contribution < -0.4 is 10.1 Å². The summed E-state index contributed by atoms with van der Waals surface area (Å²) in [6, 6.07) is 12.3. The van der Waals surface area contributed by atoms with Crippen LogP contribution in [0.15, 0.2) is 36.4 Å². The van der Waals surface area contributed by atoms with Gasteiger partial charge in [-0.15, -0.1) is 0 Å². The molecule has 1 N–H and O–H groups in total. The smallest absolute Gasteiger partial charge is 0.130 e. The second-order valence-electron chi connectivity index (χ2n) is 4.90. The van der Waals surface area contributed by atoms with Gasteiger partial charge in [-0.1, -0.05) is 31.2 Å². The largest absolute Gasteiger partial charge is 0.487 e. The summed E-state index contributed by atoms with van der Waals surface area (Å²) >= 11 is 0. The van der Waals surface area contributed by atoms with Gasteiger partial charge in [-0.05, 0) is 38.1 Å². The lowest BCUT2D eigenvalue weighted by atomic mass is 10.1. The van der Waals surface area contributed by atoms with Gasteiger partial charge < -0.3 is 10.1 Å². The molecule has 2 aromatic rings. The fourth-order valence-corrected chi connectivity index (χ4v) is 2.14. The van der Waals surface area contributed by atoms with Crippen molar-refractivity contribution in [2.45, 2.75) is 33.9 Å². The summed E-state index contributed by atoms with van der Waals surface area (Å²) in [5, 5.41) is 3.34. The van der Waals surface area contributed by atoms with Gasteiger partial charge in [-0.25, -0.2) is 0 Å². The van der Waals surface area contributed by atoms with Crippen LogP contribution in [-0.2, 0) is 13.2 Å². The summed E-state index contributed by atoms with van der Waals surface area (Å²) in [7, 11) is 0. The van der Waals surface area contributed by atoms with E-state index in [0.29, 0.717) is 6.61 Å². The fraction of sp³-hybridized carbons (Fsp3) is 0.353. The Labute approximate surface area is 121 Å². The van der Waals surface area contributed by atoms with Crippen molar-refractivity contribution in [3.05, 3.63) is 58.9 Å². The molecule has 0 unspecified atom stereocenters. The highest BCUT2D eigenvalue weighted by molar-refractivity contribution is 5.40. The molecule has 1 aromatic heterocycles. The summed E-state index contributed by atoms with van der Waals surface area (Å²) in [5.41, 5.74) is 4.33. The number of rotatable bonds is 6. The van der Waals surface area contributed by atoms with Gasteiger partial charge in [0.05, 0.1) is 5.69 Å². The molecule has 2 rings (SSSR count). The number of nitrogens with zero attached hydrogens (tertiary/aromatic N) is 1. The molecule has 0 spiro atoms. The zero-order valence-electron chi connectivity index (χ0n) is 12.4. The summed E-state index contributed by atoms with van der Waals surface area (Å²) in [5.74, 6) is 0.969. The Morgan fingerprint density at radius 2 is 1.90 bits per heavy atom. The Balaban J connectivity index is 2.11. The van der Waals surface area contributed by atoms with Crippen molar-refractivity contribution in [3.63, 3.8) is 0 Å². The number of aromatic nitrogens is 1. The second kappa shape index (κ2) is 7.06. The van der Waals surface area contributed by atoms with E-state index in [4.69, 9.17) is 4.74 Å². The molecule has 0 bridgehead atoms. The molecular formula is C17H22N2O. The molecule has 3 heteroatoms. The highest BCUT2D eigenvalue weighted by atomic mass is 16.5. The average Bonchev–Trinajstić information content (AvgIpc) is 2.44. The first-order valence-electron chi connectivity index (χ1n) is 7.05. The maximum absolute atomic E-state index is 6.00. The Morgan fingerprint density at radius 1 is 1.10 bits per heavy atom. The molecule has 106 valence electrons. The summed E-state index contributed by atoms with van der Waals surface area (Å²) in [4.78, 5) is 4.47. The van der Waals surface area contributed by atoms with Crippen molar-refractivity contribution in [1.29, 1.82) is 0 Å². The fourth-order valence-electron chi connectivity index (χ4n) is 2.14. The predicted octanol–water partition coefficient (Wildman–Crippen LogP) is 3.39. The van der Waals surface area contributed by atoms with Crippen LogP contribution in [0.5, 0.6) is 5.75 Å². The number of ether oxygens (including phenoxy) is 1. The SMILES string of the molecule is CCNCc1cccc(C)c1OCc1cccc(C)n1. The first-order valence-corrected chi connectivity index (χ1v) is 7.05. The Morgan fingerprint density at radius 3 is 2.65 bits per heavy atom. The van der Waals surface area contributed by atoms with E-state index < -0.39 is 0 Å². The minimum atomic E-state index is 0.506. The standard InChI is InChI=1S/C17H22N2O/c1-4-18-11-15-9-5-7-13(2)17(15)20-12-16-10-6-8-14(3)19-16/h5-10,18H,4,11-12H2,1-3H3. The minimum absolute atomic E-state index is 0.506. The lowest BCUT2D eigenvalue weighted by molar-refractivity contribution is 0.295. The quantitative estimate of drug-likeness (QED) is 0.873. The van der Waals surface area contributed by atoms with E-state index in [1.165, 1.54) is 5.56 Å². The van der Waals surface area contributed by atoms with Crippen LogP contribution in [0.2, 0.25) is 0 Å². The molecule has 1 aromatic carbocycles. The van der Waals surface area contributed by atoms with Gasteiger partial charge in [0.1, 0.15) is 12.4 Å². The number of para-hydroxylation sites is 1. The van der Waals surface area contributed by atoms with Crippen LogP contribution in [0, 0.1) is 13.8 Å². The van der Waals surface area contributed by atoms with E-state index in [9.17, 15) is 0 Å². The van der Waals surface area contributed by atoms with Crippen molar-refractivity contribution < 1.29 is 4.74 Å². The van der Waals surface area contributed by atoms with E-state index in [2.05, 4.69) is 42.3 Å². The van der Waals surface area contributed by atoms with Crippen molar-refractivity contribution in [3.8, 4) is 5.75 Å².